The average molecular weight is 263 g/mol. The van der Waals surface area contributed by atoms with Gasteiger partial charge in [-0.1, -0.05) is 11.6 Å². The molecule has 1 heterocycles. The lowest BCUT2D eigenvalue weighted by Crippen LogP contribution is -2.13. The van der Waals surface area contributed by atoms with Gasteiger partial charge in [-0.3, -0.25) is 5.41 Å². The Bertz CT molecular complexity index is 600. The molecule has 0 atom stereocenters. The van der Waals surface area contributed by atoms with Gasteiger partial charge in [-0.2, -0.15) is 5.10 Å². The van der Waals surface area contributed by atoms with Crippen molar-refractivity contribution in [1.29, 1.82) is 5.41 Å². The summed E-state index contributed by atoms with van der Waals surface area (Å²) in [5.41, 5.74) is 6.71. The van der Waals surface area contributed by atoms with Crippen LogP contribution in [-0.2, 0) is 0 Å². The molecule has 1 aromatic heterocycles. The van der Waals surface area contributed by atoms with Crippen LogP contribution in [0, 0.1) is 12.3 Å². The van der Waals surface area contributed by atoms with E-state index in [2.05, 4.69) is 10.2 Å². The van der Waals surface area contributed by atoms with Crippen molar-refractivity contribution in [3.63, 3.8) is 0 Å². The van der Waals surface area contributed by atoms with Crippen LogP contribution in [0.15, 0.2) is 30.5 Å². The predicted octanol–water partition coefficient (Wildman–Crippen LogP) is 2.51. The van der Waals surface area contributed by atoms with Gasteiger partial charge < -0.3 is 10.5 Å². The standard InChI is InChI=1S/C12H11ClN4O/c1-7-6-8(13)2-3-10(7)18-12-9(11(14)15)4-5-16-17-12/h2-6H,1H3,(H3,14,15). The molecule has 0 fully saturated rings. The van der Waals surface area contributed by atoms with Gasteiger partial charge in [0.15, 0.2) is 0 Å². The maximum absolute atomic E-state index is 7.44. The highest BCUT2D eigenvalue weighted by molar-refractivity contribution is 6.30. The summed E-state index contributed by atoms with van der Waals surface area (Å²) in [4.78, 5) is 0. The number of aryl methyl sites for hydroxylation is 1. The van der Waals surface area contributed by atoms with Crippen molar-refractivity contribution in [2.24, 2.45) is 5.73 Å². The molecule has 0 bridgehead atoms. The van der Waals surface area contributed by atoms with Crippen LogP contribution in [0.1, 0.15) is 11.1 Å². The van der Waals surface area contributed by atoms with E-state index in [0.717, 1.165) is 5.56 Å². The summed E-state index contributed by atoms with van der Waals surface area (Å²) in [6.07, 6.45) is 1.46. The predicted molar refractivity (Wildman–Crippen MR) is 69.3 cm³/mol. The molecular weight excluding hydrogens is 252 g/mol. The minimum Gasteiger partial charge on any atom is -0.437 e. The van der Waals surface area contributed by atoms with Gasteiger partial charge in [-0.05, 0) is 36.8 Å². The molecule has 0 aliphatic rings. The Morgan fingerprint density at radius 1 is 1.39 bits per heavy atom. The lowest BCUT2D eigenvalue weighted by atomic mass is 10.2. The number of aromatic nitrogens is 2. The second-order valence-electron chi connectivity index (χ2n) is 3.68. The van der Waals surface area contributed by atoms with Gasteiger partial charge in [-0.25, -0.2) is 0 Å². The van der Waals surface area contributed by atoms with Crippen LogP contribution in [-0.4, -0.2) is 16.0 Å². The SMILES string of the molecule is Cc1cc(Cl)ccc1Oc1nnccc1C(=N)N. The highest BCUT2D eigenvalue weighted by Gasteiger charge is 2.10. The lowest BCUT2D eigenvalue weighted by Gasteiger charge is -2.10. The number of nitrogens with one attached hydrogen (secondary N) is 1. The van der Waals surface area contributed by atoms with Gasteiger partial charge >= 0.3 is 0 Å². The van der Waals surface area contributed by atoms with Crippen LogP contribution in [0.5, 0.6) is 11.6 Å². The largest absolute Gasteiger partial charge is 0.437 e. The number of nitrogens with zero attached hydrogens (tertiary/aromatic N) is 2. The Morgan fingerprint density at radius 3 is 2.83 bits per heavy atom. The molecule has 18 heavy (non-hydrogen) atoms. The number of benzene rings is 1. The highest BCUT2D eigenvalue weighted by Crippen LogP contribution is 2.27. The first kappa shape index (κ1) is 12.3. The maximum Gasteiger partial charge on any atom is 0.249 e. The summed E-state index contributed by atoms with van der Waals surface area (Å²) in [5, 5.41) is 15.6. The van der Waals surface area contributed by atoms with Crippen LogP contribution in [0.4, 0.5) is 0 Å². The van der Waals surface area contributed by atoms with Crippen LogP contribution >= 0.6 is 11.6 Å². The van der Waals surface area contributed by atoms with Crippen molar-refractivity contribution in [3.8, 4) is 11.6 Å². The molecule has 0 aliphatic heterocycles. The Kier molecular flexibility index (Phi) is 3.43. The number of amidine groups is 1. The van der Waals surface area contributed by atoms with Crippen molar-refractivity contribution in [2.75, 3.05) is 0 Å². The first-order valence-corrected chi connectivity index (χ1v) is 5.56. The molecule has 5 nitrogen and oxygen atoms in total. The number of nitrogen functional groups attached to an aromatic ring is 1. The minimum absolute atomic E-state index is 0.119. The summed E-state index contributed by atoms with van der Waals surface area (Å²) in [7, 11) is 0. The molecule has 0 spiro atoms. The summed E-state index contributed by atoms with van der Waals surface area (Å²) in [5.74, 6) is 0.685. The molecular formula is C12H11ClN4O. The fraction of sp³-hybridized carbons (Fsp3) is 0.0833. The van der Waals surface area contributed by atoms with Gasteiger partial charge in [0.25, 0.3) is 0 Å². The molecule has 92 valence electrons. The van der Waals surface area contributed by atoms with E-state index in [1.165, 1.54) is 6.20 Å². The van der Waals surface area contributed by atoms with E-state index in [0.29, 0.717) is 16.3 Å². The lowest BCUT2D eigenvalue weighted by molar-refractivity contribution is 0.450. The molecule has 1 aromatic carbocycles. The normalized spacial score (nSPS) is 10.1. The average Bonchev–Trinajstić information content (AvgIpc) is 2.33. The zero-order valence-electron chi connectivity index (χ0n) is 9.64. The van der Waals surface area contributed by atoms with Gasteiger partial charge in [0, 0.05) is 5.02 Å². The Labute approximate surface area is 109 Å². The monoisotopic (exact) mass is 262 g/mol. The maximum atomic E-state index is 7.44. The van der Waals surface area contributed by atoms with Crippen LogP contribution in [0.25, 0.3) is 0 Å². The molecule has 0 saturated heterocycles. The van der Waals surface area contributed by atoms with E-state index in [-0.39, 0.29) is 11.7 Å². The molecule has 0 aliphatic carbocycles. The van der Waals surface area contributed by atoms with Gasteiger partial charge in [0.1, 0.15) is 11.6 Å². The van der Waals surface area contributed by atoms with E-state index in [1.807, 2.05) is 6.92 Å². The smallest absolute Gasteiger partial charge is 0.249 e. The Balaban J connectivity index is 2.37. The number of hydrogen-bond donors (Lipinski definition) is 2. The van der Waals surface area contributed by atoms with E-state index in [9.17, 15) is 0 Å². The van der Waals surface area contributed by atoms with Crippen LogP contribution < -0.4 is 10.5 Å². The molecule has 0 radical (unpaired) electrons. The third-order valence-electron chi connectivity index (χ3n) is 2.32. The molecule has 2 aromatic rings. The number of ether oxygens (including phenoxy) is 1. The summed E-state index contributed by atoms with van der Waals surface area (Å²) in [6.45, 7) is 1.87. The van der Waals surface area contributed by atoms with Crippen molar-refractivity contribution in [2.45, 2.75) is 6.92 Å². The van der Waals surface area contributed by atoms with E-state index >= 15 is 0 Å². The molecule has 0 amide bonds. The van der Waals surface area contributed by atoms with Gasteiger partial charge in [-0.15, -0.1) is 5.10 Å². The topological polar surface area (TPSA) is 84.9 Å². The van der Waals surface area contributed by atoms with Gasteiger partial charge in [0.2, 0.25) is 5.88 Å². The Hall–Kier alpha value is -2.14. The highest BCUT2D eigenvalue weighted by atomic mass is 35.5. The summed E-state index contributed by atoms with van der Waals surface area (Å²) in [6, 6.07) is 6.81. The van der Waals surface area contributed by atoms with Crippen molar-refractivity contribution in [3.05, 3.63) is 46.6 Å². The zero-order chi connectivity index (χ0) is 13.1. The van der Waals surface area contributed by atoms with E-state index in [4.69, 9.17) is 27.5 Å². The molecule has 0 saturated carbocycles. The second kappa shape index (κ2) is 5.01. The molecule has 2 rings (SSSR count). The molecule has 6 heteroatoms. The number of rotatable bonds is 3. The van der Waals surface area contributed by atoms with Crippen LogP contribution in [0.2, 0.25) is 5.02 Å². The third kappa shape index (κ3) is 2.57. The quantitative estimate of drug-likeness (QED) is 0.657. The number of hydrogen-bond acceptors (Lipinski definition) is 4. The fourth-order valence-electron chi connectivity index (χ4n) is 1.43. The summed E-state index contributed by atoms with van der Waals surface area (Å²) < 4.78 is 5.60. The number of halogens is 1. The number of nitrogens with two attached hydrogens (primary N) is 1. The molecule has 0 unspecified atom stereocenters. The molecule has 3 N–H and O–H groups in total. The summed E-state index contributed by atoms with van der Waals surface area (Å²) >= 11 is 5.86. The zero-order valence-corrected chi connectivity index (χ0v) is 10.4. The third-order valence-corrected chi connectivity index (χ3v) is 2.56. The minimum atomic E-state index is -0.119. The van der Waals surface area contributed by atoms with Crippen molar-refractivity contribution in [1.82, 2.24) is 10.2 Å². The second-order valence-corrected chi connectivity index (χ2v) is 4.11. The van der Waals surface area contributed by atoms with E-state index in [1.54, 1.807) is 24.3 Å². The van der Waals surface area contributed by atoms with Crippen molar-refractivity contribution >= 4 is 17.4 Å². The van der Waals surface area contributed by atoms with Crippen LogP contribution in [0.3, 0.4) is 0 Å². The fourth-order valence-corrected chi connectivity index (χ4v) is 1.66. The first-order valence-electron chi connectivity index (χ1n) is 5.18. The van der Waals surface area contributed by atoms with E-state index < -0.39 is 0 Å². The van der Waals surface area contributed by atoms with Gasteiger partial charge in [0.05, 0.1) is 11.8 Å². The first-order chi connectivity index (χ1) is 8.58. The van der Waals surface area contributed by atoms with Crippen molar-refractivity contribution < 1.29 is 4.74 Å². The Morgan fingerprint density at radius 2 is 2.17 bits per heavy atom.